The van der Waals surface area contributed by atoms with Gasteiger partial charge in [-0.05, 0) is 46.1 Å². The van der Waals surface area contributed by atoms with Crippen LogP contribution in [0, 0.1) is 0 Å². The summed E-state index contributed by atoms with van der Waals surface area (Å²) in [4.78, 5) is 24.7. The van der Waals surface area contributed by atoms with E-state index in [0.717, 1.165) is 5.56 Å². The maximum atomic E-state index is 12.3. The van der Waals surface area contributed by atoms with Crippen LogP contribution in [0.1, 0.15) is 18.4 Å². The van der Waals surface area contributed by atoms with Gasteiger partial charge in [0.25, 0.3) is 5.91 Å². The number of hydrogen-bond acceptors (Lipinski definition) is 5. The van der Waals surface area contributed by atoms with E-state index in [9.17, 15) is 14.7 Å². The Morgan fingerprint density at radius 2 is 2.18 bits per heavy atom. The van der Waals surface area contributed by atoms with Crippen molar-refractivity contribution in [1.29, 1.82) is 0 Å². The van der Waals surface area contributed by atoms with Crippen LogP contribution in [0.15, 0.2) is 27.6 Å². The quantitative estimate of drug-likeness (QED) is 0.582. The predicted octanol–water partition coefficient (Wildman–Crippen LogP) is 3.22. The van der Waals surface area contributed by atoms with E-state index in [0.29, 0.717) is 26.7 Å². The number of carboxylic acids is 1. The molecule has 0 saturated carbocycles. The summed E-state index contributed by atoms with van der Waals surface area (Å²) in [6.07, 6.45) is 2.06. The smallest absolute Gasteiger partial charge is 0.303 e. The van der Waals surface area contributed by atoms with Crippen molar-refractivity contribution in [2.24, 2.45) is 0 Å². The Morgan fingerprint density at radius 3 is 2.82 bits per heavy atom. The van der Waals surface area contributed by atoms with Crippen molar-refractivity contribution >= 4 is 62.2 Å². The standard InChI is InChI=1S/C14H12BrNO4S2/c15-9-6-8(3-4-10(9)17)7-11-13(20)16(14(21)22-11)5-1-2-12(18)19/h3-4,6-7,17H,1-2,5H2,(H,18,19). The minimum Gasteiger partial charge on any atom is -0.507 e. The van der Waals surface area contributed by atoms with Crippen LogP contribution in [-0.2, 0) is 9.59 Å². The van der Waals surface area contributed by atoms with Gasteiger partial charge in [-0.3, -0.25) is 14.5 Å². The zero-order chi connectivity index (χ0) is 16.3. The average Bonchev–Trinajstić information content (AvgIpc) is 2.70. The Bertz CT molecular complexity index is 675. The van der Waals surface area contributed by atoms with Gasteiger partial charge in [0.2, 0.25) is 0 Å². The van der Waals surface area contributed by atoms with Crippen molar-refractivity contribution in [1.82, 2.24) is 4.90 Å². The number of carboxylic acid groups (broad SMARTS) is 1. The molecule has 1 fully saturated rings. The molecule has 1 saturated heterocycles. The molecule has 5 nitrogen and oxygen atoms in total. The molecule has 1 aromatic rings. The number of carbonyl (C=O) groups excluding carboxylic acids is 1. The molecular formula is C14H12BrNO4S2. The highest BCUT2D eigenvalue weighted by atomic mass is 79.9. The molecule has 8 heteroatoms. The van der Waals surface area contributed by atoms with Gasteiger partial charge in [0, 0.05) is 13.0 Å². The fourth-order valence-corrected chi connectivity index (χ4v) is 3.55. The molecule has 1 aliphatic heterocycles. The van der Waals surface area contributed by atoms with Crippen molar-refractivity contribution in [3.63, 3.8) is 0 Å². The Balaban J connectivity index is 2.11. The highest BCUT2D eigenvalue weighted by molar-refractivity contribution is 9.10. The van der Waals surface area contributed by atoms with Crippen LogP contribution in [0.2, 0.25) is 0 Å². The van der Waals surface area contributed by atoms with Gasteiger partial charge >= 0.3 is 5.97 Å². The number of thioether (sulfide) groups is 1. The summed E-state index contributed by atoms with van der Waals surface area (Å²) in [6.45, 7) is 0.299. The maximum Gasteiger partial charge on any atom is 0.303 e. The van der Waals surface area contributed by atoms with Gasteiger partial charge in [-0.1, -0.05) is 30.0 Å². The van der Waals surface area contributed by atoms with Gasteiger partial charge in [0.1, 0.15) is 10.1 Å². The highest BCUT2D eigenvalue weighted by Crippen LogP contribution is 2.34. The number of hydrogen-bond donors (Lipinski definition) is 2. The molecule has 0 aliphatic carbocycles. The average molecular weight is 402 g/mol. The number of phenols is 1. The Labute approximate surface area is 145 Å². The number of aliphatic carboxylic acids is 1. The first-order chi connectivity index (χ1) is 10.4. The van der Waals surface area contributed by atoms with E-state index in [1.54, 1.807) is 18.2 Å². The zero-order valence-electron chi connectivity index (χ0n) is 11.3. The van der Waals surface area contributed by atoms with E-state index in [1.165, 1.54) is 22.7 Å². The van der Waals surface area contributed by atoms with Gasteiger partial charge in [-0.15, -0.1) is 0 Å². The fourth-order valence-electron chi connectivity index (χ4n) is 1.85. The summed E-state index contributed by atoms with van der Waals surface area (Å²) in [5.74, 6) is -0.988. The van der Waals surface area contributed by atoms with Gasteiger partial charge < -0.3 is 10.2 Å². The molecule has 22 heavy (non-hydrogen) atoms. The first kappa shape index (κ1) is 17.0. The highest BCUT2D eigenvalue weighted by Gasteiger charge is 2.31. The number of halogens is 1. The van der Waals surface area contributed by atoms with E-state index in [1.807, 2.05) is 0 Å². The Morgan fingerprint density at radius 1 is 1.45 bits per heavy atom. The molecule has 0 radical (unpaired) electrons. The van der Waals surface area contributed by atoms with Gasteiger partial charge in [0.05, 0.1) is 9.38 Å². The second-order valence-electron chi connectivity index (χ2n) is 4.54. The lowest BCUT2D eigenvalue weighted by atomic mass is 10.2. The van der Waals surface area contributed by atoms with Gasteiger partial charge in [-0.2, -0.15) is 0 Å². The molecule has 0 unspecified atom stereocenters. The van der Waals surface area contributed by atoms with Crippen LogP contribution in [0.25, 0.3) is 6.08 Å². The SMILES string of the molecule is O=C(O)CCCN1C(=O)C(=Cc2ccc(O)c(Br)c2)SC1=S. The van der Waals surface area contributed by atoms with Crippen LogP contribution >= 0.6 is 39.9 Å². The molecule has 0 aromatic heterocycles. The Hall–Kier alpha value is -1.38. The van der Waals surface area contributed by atoms with Crippen LogP contribution in [0.4, 0.5) is 0 Å². The van der Waals surface area contributed by atoms with Crippen molar-refractivity contribution in [2.75, 3.05) is 6.54 Å². The Kier molecular flexibility index (Phi) is 5.60. The summed E-state index contributed by atoms with van der Waals surface area (Å²) >= 11 is 9.58. The molecular weight excluding hydrogens is 390 g/mol. The van der Waals surface area contributed by atoms with E-state index in [4.69, 9.17) is 17.3 Å². The molecule has 1 heterocycles. The molecule has 2 N–H and O–H groups in total. The number of nitrogens with zero attached hydrogens (tertiary/aromatic N) is 1. The first-order valence-electron chi connectivity index (χ1n) is 6.34. The van der Waals surface area contributed by atoms with Gasteiger partial charge in [0.15, 0.2) is 0 Å². The number of phenolic OH excluding ortho intramolecular Hbond substituents is 1. The summed E-state index contributed by atoms with van der Waals surface area (Å²) < 4.78 is 0.970. The number of carbonyl (C=O) groups is 2. The third kappa shape index (κ3) is 4.08. The van der Waals surface area contributed by atoms with Crippen LogP contribution in [-0.4, -0.2) is 37.9 Å². The van der Waals surface area contributed by atoms with Crippen molar-refractivity contribution in [3.8, 4) is 5.75 Å². The predicted molar refractivity (Wildman–Crippen MR) is 92.6 cm³/mol. The molecule has 0 bridgehead atoms. The maximum absolute atomic E-state index is 12.3. The van der Waals surface area contributed by atoms with E-state index in [2.05, 4.69) is 15.9 Å². The van der Waals surface area contributed by atoms with Crippen molar-refractivity contribution in [3.05, 3.63) is 33.1 Å². The van der Waals surface area contributed by atoms with Crippen LogP contribution < -0.4 is 0 Å². The summed E-state index contributed by atoms with van der Waals surface area (Å²) in [5.41, 5.74) is 0.760. The fraction of sp³-hybridized carbons (Fsp3) is 0.214. The summed E-state index contributed by atoms with van der Waals surface area (Å²) in [7, 11) is 0. The number of aromatic hydroxyl groups is 1. The molecule has 1 amide bonds. The normalized spacial score (nSPS) is 16.6. The minimum atomic E-state index is -0.894. The third-order valence-electron chi connectivity index (χ3n) is 2.92. The second kappa shape index (κ2) is 7.26. The molecule has 1 aliphatic rings. The second-order valence-corrected chi connectivity index (χ2v) is 7.07. The summed E-state index contributed by atoms with van der Waals surface area (Å²) in [6, 6.07) is 4.92. The summed E-state index contributed by atoms with van der Waals surface area (Å²) in [5, 5.41) is 18.1. The van der Waals surface area contributed by atoms with Gasteiger partial charge in [-0.25, -0.2) is 0 Å². The number of rotatable bonds is 5. The largest absolute Gasteiger partial charge is 0.507 e. The first-order valence-corrected chi connectivity index (χ1v) is 8.36. The lowest BCUT2D eigenvalue weighted by molar-refractivity contribution is -0.137. The van der Waals surface area contributed by atoms with E-state index in [-0.39, 0.29) is 18.1 Å². The number of thiocarbonyl (C=S) groups is 1. The molecule has 2 rings (SSSR count). The monoisotopic (exact) mass is 401 g/mol. The van der Waals surface area contributed by atoms with E-state index >= 15 is 0 Å². The topological polar surface area (TPSA) is 77.8 Å². The molecule has 116 valence electrons. The lowest BCUT2D eigenvalue weighted by Crippen LogP contribution is -2.29. The molecule has 1 aromatic carbocycles. The molecule has 0 atom stereocenters. The van der Waals surface area contributed by atoms with Crippen molar-refractivity contribution < 1.29 is 19.8 Å². The number of amides is 1. The molecule has 0 spiro atoms. The lowest BCUT2D eigenvalue weighted by Gasteiger charge is -2.13. The number of benzene rings is 1. The third-order valence-corrected chi connectivity index (χ3v) is 4.93. The van der Waals surface area contributed by atoms with Crippen molar-refractivity contribution in [2.45, 2.75) is 12.8 Å². The van der Waals surface area contributed by atoms with Crippen LogP contribution in [0.3, 0.4) is 0 Å². The zero-order valence-corrected chi connectivity index (χ0v) is 14.5. The van der Waals surface area contributed by atoms with Crippen LogP contribution in [0.5, 0.6) is 5.75 Å². The van der Waals surface area contributed by atoms with E-state index < -0.39 is 5.97 Å². The minimum absolute atomic E-state index is 0.00101.